The Labute approximate surface area is 125 Å². The van der Waals surface area contributed by atoms with Gasteiger partial charge in [0.25, 0.3) is 0 Å². The molecule has 1 nitrogen and oxygen atoms in total. The number of nitrogens with zero attached hydrogens (tertiary/aromatic N) is 1. The Morgan fingerprint density at radius 3 is 2.95 bits per heavy atom. The molecule has 2 heteroatoms. The minimum absolute atomic E-state index is 0.905. The van der Waals surface area contributed by atoms with E-state index in [-0.39, 0.29) is 0 Å². The summed E-state index contributed by atoms with van der Waals surface area (Å²) in [7, 11) is 0. The highest BCUT2D eigenvalue weighted by molar-refractivity contribution is 9.09. The molecule has 19 heavy (non-hydrogen) atoms. The van der Waals surface area contributed by atoms with E-state index in [0.717, 1.165) is 17.8 Å². The van der Waals surface area contributed by atoms with Gasteiger partial charge in [-0.05, 0) is 67.7 Å². The van der Waals surface area contributed by atoms with E-state index in [1.54, 1.807) is 11.1 Å². The van der Waals surface area contributed by atoms with E-state index < -0.39 is 0 Å². The molecule has 104 valence electrons. The molecule has 0 radical (unpaired) electrons. The molecule has 1 aliphatic heterocycles. The molecule has 0 spiro atoms. The Morgan fingerprint density at radius 2 is 2.05 bits per heavy atom. The molecule has 2 aliphatic rings. The average Bonchev–Trinajstić information content (AvgIpc) is 2.87. The van der Waals surface area contributed by atoms with Crippen LogP contribution >= 0.6 is 15.9 Å². The first kappa shape index (κ1) is 13.6. The summed E-state index contributed by atoms with van der Waals surface area (Å²) in [6.07, 6.45) is 8.09. The van der Waals surface area contributed by atoms with Crippen molar-refractivity contribution in [1.29, 1.82) is 0 Å². The van der Waals surface area contributed by atoms with Gasteiger partial charge in [-0.15, -0.1) is 0 Å². The zero-order chi connectivity index (χ0) is 13.1. The van der Waals surface area contributed by atoms with E-state index in [1.807, 2.05) is 0 Å². The molecule has 1 heterocycles. The van der Waals surface area contributed by atoms with Crippen LogP contribution in [0, 0.1) is 5.92 Å². The fourth-order valence-corrected chi connectivity index (χ4v) is 4.31. The summed E-state index contributed by atoms with van der Waals surface area (Å²) in [4.78, 5) is 2.66. The van der Waals surface area contributed by atoms with Crippen LogP contribution in [0.4, 0.5) is 0 Å². The van der Waals surface area contributed by atoms with E-state index >= 15 is 0 Å². The zero-order valence-electron chi connectivity index (χ0n) is 11.7. The summed E-state index contributed by atoms with van der Waals surface area (Å²) in [6, 6.07) is 7.20. The summed E-state index contributed by atoms with van der Waals surface area (Å²) in [5.41, 5.74) is 4.74. The first-order valence-electron chi connectivity index (χ1n) is 7.74. The number of benzene rings is 1. The Hall–Kier alpha value is -0.340. The van der Waals surface area contributed by atoms with Crippen molar-refractivity contribution in [1.82, 2.24) is 4.90 Å². The lowest BCUT2D eigenvalue weighted by Gasteiger charge is -2.32. The lowest BCUT2D eigenvalue weighted by molar-refractivity contribution is 0.165. The fourth-order valence-electron chi connectivity index (χ4n) is 3.67. The van der Waals surface area contributed by atoms with Gasteiger partial charge in [0.05, 0.1) is 0 Å². The van der Waals surface area contributed by atoms with Crippen molar-refractivity contribution < 1.29 is 0 Å². The average molecular weight is 322 g/mol. The summed E-state index contributed by atoms with van der Waals surface area (Å²) >= 11 is 3.59. The van der Waals surface area contributed by atoms with Gasteiger partial charge in [0.2, 0.25) is 0 Å². The van der Waals surface area contributed by atoms with E-state index in [1.165, 1.54) is 57.2 Å². The Kier molecular flexibility index (Phi) is 4.60. The van der Waals surface area contributed by atoms with Crippen molar-refractivity contribution in [2.45, 2.75) is 45.1 Å². The fraction of sp³-hybridized carbons (Fsp3) is 0.647. The molecule has 1 aliphatic carbocycles. The van der Waals surface area contributed by atoms with E-state index in [2.05, 4.69) is 39.0 Å². The van der Waals surface area contributed by atoms with Crippen LogP contribution in [0.1, 0.15) is 42.4 Å². The van der Waals surface area contributed by atoms with Crippen LogP contribution in [0.5, 0.6) is 0 Å². The molecule has 0 amide bonds. The number of likely N-dealkylation sites (tertiary alicyclic amines) is 1. The largest absolute Gasteiger partial charge is 0.299 e. The predicted molar refractivity (Wildman–Crippen MR) is 84.9 cm³/mol. The van der Waals surface area contributed by atoms with Crippen LogP contribution in [0.2, 0.25) is 0 Å². The summed E-state index contributed by atoms with van der Waals surface area (Å²) in [5, 5.41) is 1.16. The second kappa shape index (κ2) is 6.41. The van der Waals surface area contributed by atoms with Crippen molar-refractivity contribution >= 4 is 15.9 Å². The number of hydrogen-bond acceptors (Lipinski definition) is 1. The standard InChI is InChI=1S/C17H24BrN/c18-9-8-14-3-2-10-19(12-14)13-15-6-7-16-4-1-5-17(16)11-15/h6-7,11,14H,1-5,8-10,12-13H2. The zero-order valence-corrected chi connectivity index (χ0v) is 13.3. The van der Waals surface area contributed by atoms with Crippen molar-refractivity contribution in [3.05, 3.63) is 34.9 Å². The summed E-state index contributed by atoms with van der Waals surface area (Å²) < 4.78 is 0. The number of hydrogen-bond donors (Lipinski definition) is 0. The molecular weight excluding hydrogens is 298 g/mol. The highest BCUT2D eigenvalue weighted by atomic mass is 79.9. The normalized spacial score (nSPS) is 23.5. The maximum absolute atomic E-state index is 3.59. The third-order valence-corrected chi connectivity index (χ3v) is 5.15. The second-order valence-corrected chi connectivity index (χ2v) is 6.97. The van der Waals surface area contributed by atoms with E-state index in [9.17, 15) is 0 Å². The SMILES string of the molecule is BrCCC1CCCN(Cc2ccc3c(c2)CCC3)C1. The summed E-state index contributed by atoms with van der Waals surface area (Å²) in [6.45, 7) is 3.74. The van der Waals surface area contributed by atoms with Crippen LogP contribution in [0.15, 0.2) is 18.2 Å². The van der Waals surface area contributed by atoms with Crippen LogP contribution in [-0.4, -0.2) is 23.3 Å². The van der Waals surface area contributed by atoms with Gasteiger partial charge < -0.3 is 0 Å². The van der Waals surface area contributed by atoms with Gasteiger partial charge in [0.15, 0.2) is 0 Å². The maximum atomic E-state index is 3.59. The number of halogens is 1. The Bertz CT molecular complexity index is 427. The third-order valence-electron chi connectivity index (χ3n) is 4.69. The van der Waals surface area contributed by atoms with Crippen molar-refractivity contribution in [2.24, 2.45) is 5.92 Å². The molecule has 0 saturated carbocycles. The molecule has 1 saturated heterocycles. The molecule has 1 atom stereocenters. The molecule has 0 bridgehead atoms. The highest BCUT2D eigenvalue weighted by Crippen LogP contribution is 2.25. The topological polar surface area (TPSA) is 3.24 Å². The molecule has 1 aromatic rings. The molecule has 3 rings (SSSR count). The molecule has 0 N–H and O–H groups in total. The van der Waals surface area contributed by atoms with E-state index in [0.29, 0.717) is 0 Å². The van der Waals surface area contributed by atoms with Crippen molar-refractivity contribution in [3.63, 3.8) is 0 Å². The maximum Gasteiger partial charge on any atom is 0.0233 e. The highest BCUT2D eigenvalue weighted by Gasteiger charge is 2.20. The number of rotatable bonds is 4. The van der Waals surface area contributed by atoms with Crippen LogP contribution < -0.4 is 0 Å². The summed E-state index contributed by atoms with van der Waals surface area (Å²) in [5.74, 6) is 0.905. The molecule has 1 aromatic carbocycles. The van der Waals surface area contributed by atoms with Crippen LogP contribution in [0.25, 0.3) is 0 Å². The monoisotopic (exact) mass is 321 g/mol. The Morgan fingerprint density at radius 1 is 1.16 bits per heavy atom. The van der Waals surface area contributed by atoms with Gasteiger partial charge >= 0.3 is 0 Å². The minimum atomic E-state index is 0.905. The quantitative estimate of drug-likeness (QED) is 0.752. The van der Waals surface area contributed by atoms with Gasteiger partial charge in [-0.3, -0.25) is 4.90 Å². The number of piperidine rings is 1. The second-order valence-electron chi connectivity index (χ2n) is 6.18. The number of alkyl halides is 1. The third kappa shape index (κ3) is 3.41. The minimum Gasteiger partial charge on any atom is -0.299 e. The van der Waals surface area contributed by atoms with E-state index in [4.69, 9.17) is 0 Å². The van der Waals surface area contributed by atoms with Gasteiger partial charge in [0, 0.05) is 18.4 Å². The molecule has 1 unspecified atom stereocenters. The lowest BCUT2D eigenvalue weighted by Crippen LogP contribution is -2.35. The van der Waals surface area contributed by atoms with Crippen LogP contribution in [0.3, 0.4) is 0 Å². The van der Waals surface area contributed by atoms with Gasteiger partial charge in [0.1, 0.15) is 0 Å². The van der Waals surface area contributed by atoms with Gasteiger partial charge in [-0.2, -0.15) is 0 Å². The van der Waals surface area contributed by atoms with Gasteiger partial charge in [-0.1, -0.05) is 34.1 Å². The predicted octanol–water partition coefficient (Wildman–Crippen LogP) is 4.17. The lowest BCUT2D eigenvalue weighted by atomic mass is 9.95. The van der Waals surface area contributed by atoms with Crippen molar-refractivity contribution in [3.8, 4) is 0 Å². The number of aryl methyl sites for hydroxylation is 2. The first-order valence-corrected chi connectivity index (χ1v) is 8.86. The molecule has 1 fully saturated rings. The van der Waals surface area contributed by atoms with Crippen molar-refractivity contribution in [2.75, 3.05) is 18.4 Å². The first-order chi connectivity index (χ1) is 9.35. The molecule has 0 aromatic heterocycles. The molecular formula is C17H24BrN. The van der Waals surface area contributed by atoms with Crippen LogP contribution in [-0.2, 0) is 19.4 Å². The Balaban J connectivity index is 1.61. The van der Waals surface area contributed by atoms with Gasteiger partial charge in [-0.25, -0.2) is 0 Å². The smallest absolute Gasteiger partial charge is 0.0233 e. The number of fused-ring (bicyclic) bond motifs is 1.